The van der Waals surface area contributed by atoms with E-state index in [9.17, 15) is 9.90 Å². The molecule has 0 spiro atoms. The highest BCUT2D eigenvalue weighted by molar-refractivity contribution is 6.07. The van der Waals surface area contributed by atoms with Gasteiger partial charge >= 0.3 is 0 Å². The van der Waals surface area contributed by atoms with E-state index in [0.717, 1.165) is 5.56 Å². The maximum Gasteiger partial charge on any atom is 0.259 e. The van der Waals surface area contributed by atoms with Crippen molar-refractivity contribution in [1.29, 1.82) is 0 Å². The molecule has 0 saturated heterocycles. The van der Waals surface area contributed by atoms with Crippen molar-refractivity contribution in [2.45, 2.75) is 6.92 Å². The fourth-order valence-corrected chi connectivity index (χ4v) is 1.79. The number of phenolic OH excluding ortho intramolecular Hbond substituents is 1. The van der Waals surface area contributed by atoms with Gasteiger partial charge in [-0.1, -0.05) is 11.6 Å². The van der Waals surface area contributed by atoms with Crippen LogP contribution in [0, 0.1) is 6.92 Å². The van der Waals surface area contributed by atoms with Gasteiger partial charge in [0.05, 0.1) is 24.0 Å². The van der Waals surface area contributed by atoms with Crippen LogP contribution in [0.25, 0.3) is 0 Å². The summed E-state index contributed by atoms with van der Waals surface area (Å²) in [6.07, 6.45) is 0. The van der Waals surface area contributed by atoms with Crippen molar-refractivity contribution in [2.75, 3.05) is 18.2 Å². The second kappa shape index (κ2) is 5.52. The number of amides is 1. The molecule has 1 amide bonds. The number of carbonyl (C=O) groups is 1. The molecule has 0 heterocycles. The van der Waals surface area contributed by atoms with Gasteiger partial charge in [0.25, 0.3) is 5.91 Å². The smallest absolute Gasteiger partial charge is 0.259 e. The van der Waals surface area contributed by atoms with Crippen LogP contribution in [0.1, 0.15) is 15.9 Å². The summed E-state index contributed by atoms with van der Waals surface area (Å²) in [4.78, 5) is 12.2. The Labute approximate surface area is 117 Å². The topological polar surface area (TPSA) is 84.6 Å². The number of rotatable bonds is 3. The maximum atomic E-state index is 12.2. The molecule has 2 aromatic rings. The van der Waals surface area contributed by atoms with Gasteiger partial charge in [-0.05, 0) is 31.2 Å². The van der Waals surface area contributed by atoms with Crippen LogP contribution in [0.5, 0.6) is 11.5 Å². The zero-order valence-electron chi connectivity index (χ0n) is 11.3. The molecule has 2 aromatic carbocycles. The average Bonchev–Trinajstić information content (AvgIpc) is 2.43. The summed E-state index contributed by atoms with van der Waals surface area (Å²) in [7, 11) is 1.53. The number of anilines is 2. The quantitative estimate of drug-likeness (QED) is 0.750. The predicted molar refractivity (Wildman–Crippen MR) is 78.2 cm³/mol. The summed E-state index contributed by atoms with van der Waals surface area (Å²) in [5.74, 6) is 0.0867. The van der Waals surface area contributed by atoms with E-state index in [2.05, 4.69) is 5.32 Å². The van der Waals surface area contributed by atoms with Crippen molar-refractivity contribution in [3.05, 3.63) is 47.5 Å². The van der Waals surface area contributed by atoms with E-state index in [0.29, 0.717) is 17.1 Å². The van der Waals surface area contributed by atoms with Crippen LogP contribution in [-0.4, -0.2) is 18.1 Å². The number of aromatic hydroxyl groups is 1. The number of benzene rings is 2. The molecule has 0 saturated carbocycles. The van der Waals surface area contributed by atoms with Gasteiger partial charge in [-0.15, -0.1) is 0 Å². The summed E-state index contributed by atoms with van der Waals surface area (Å²) < 4.78 is 5.08. The van der Waals surface area contributed by atoms with E-state index in [-0.39, 0.29) is 11.3 Å². The van der Waals surface area contributed by atoms with Gasteiger partial charge in [0.15, 0.2) is 0 Å². The first-order chi connectivity index (χ1) is 9.51. The molecular weight excluding hydrogens is 256 g/mol. The second-order valence-corrected chi connectivity index (χ2v) is 4.43. The number of hydrogen-bond donors (Lipinski definition) is 3. The van der Waals surface area contributed by atoms with Crippen LogP contribution in [0.15, 0.2) is 36.4 Å². The van der Waals surface area contributed by atoms with Gasteiger partial charge in [-0.3, -0.25) is 4.79 Å². The van der Waals surface area contributed by atoms with Crippen LogP contribution in [0.4, 0.5) is 11.4 Å². The second-order valence-electron chi connectivity index (χ2n) is 4.43. The van der Waals surface area contributed by atoms with Crippen LogP contribution < -0.4 is 15.8 Å². The molecule has 4 N–H and O–H groups in total. The maximum absolute atomic E-state index is 12.2. The molecule has 0 bridgehead atoms. The first kappa shape index (κ1) is 13.7. The first-order valence-electron chi connectivity index (χ1n) is 6.05. The lowest BCUT2D eigenvalue weighted by Gasteiger charge is -2.11. The molecule has 5 nitrogen and oxygen atoms in total. The molecule has 0 radical (unpaired) electrons. The molecule has 0 fully saturated rings. The molecule has 2 rings (SSSR count). The molecule has 0 unspecified atom stereocenters. The minimum Gasteiger partial charge on any atom is -0.507 e. The molecular formula is C15H16N2O3. The minimum atomic E-state index is -0.425. The Morgan fingerprint density at radius 2 is 2.00 bits per heavy atom. The van der Waals surface area contributed by atoms with Crippen molar-refractivity contribution in [1.82, 2.24) is 0 Å². The molecule has 0 aliphatic rings. The number of ether oxygens (including phenoxy) is 1. The van der Waals surface area contributed by atoms with Crippen molar-refractivity contribution in [3.8, 4) is 11.5 Å². The van der Waals surface area contributed by atoms with Gasteiger partial charge < -0.3 is 20.9 Å². The predicted octanol–water partition coefficient (Wildman–Crippen LogP) is 2.54. The van der Waals surface area contributed by atoms with Crippen LogP contribution in [0.2, 0.25) is 0 Å². The van der Waals surface area contributed by atoms with E-state index in [1.165, 1.54) is 13.2 Å². The van der Waals surface area contributed by atoms with Crippen molar-refractivity contribution >= 4 is 17.3 Å². The summed E-state index contributed by atoms with van der Waals surface area (Å²) >= 11 is 0. The molecule has 20 heavy (non-hydrogen) atoms. The Balaban J connectivity index is 2.30. The highest BCUT2D eigenvalue weighted by Crippen LogP contribution is 2.26. The molecule has 104 valence electrons. The van der Waals surface area contributed by atoms with Crippen molar-refractivity contribution in [2.24, 2.45) is 0 Å². The number of nitrogen functional groups attached to an aromatic ring is 1. The van der Waals surface area contributed by atoms with Gasteiger partial charge in [0.1, 0.15) is 11.5 Å². The Morgan fingerprint density at radius 3 is 2.70 bits per heavy atom. The third kappa shape index (κ3) is 2.83. The number of carbonyl (C=O) groups excluding carboxylic acids is 1. The zero-order chi connectivity index (χ0) is 14.7. The van der Waals surface area contributed by atoms with Gasteiger partial charge in [-0.25, -0.2) is 0 Å². The summed E-state index contributed by atoms with van der Waals surface area (Å²) in [5, 5.41) is 12.4. The van der Waals surface area contributed by atoms with E-state index in [1.807, 2.05) is 6.92 Å². The summed E-state index contributed by atoms with van der Waals surface area (Å²) in [6.45, 7) is 1.84. The van der Waals surface area contributed by atoms with E-state index in [1.54, 1.807) is 30.3 Å². The lowest BCUT2D eigenvalue weighted by atomic mass is 10.1. The average molecular weight is 272 g/mol. The third-order valence-electron chi connectivity index (χ3n) is 2.91. The van der Waals surface area contributed by atoms with E-state index < -0.39 is 5.91 Å². The number of nitrogens with one attached hydrogen (secondary N) is 1. The zero-order valence-corrected chi connectivity index (χ0v) is 11.3. The van der Waals surface area contributed by atoms with Gasteiger partial charge in [-0.2, -0.15) is 0 Å². The van der Waals surface area contributed by atoms with Crippen LogP contribution in [0.3, 0.4) is 0 Å². The Bertz CT molecular complexity index is 654. The van der Waals surface area contributed by atoms with Crippen LogP contribution >= 0.6 is 0 Å². The molecule has 0 aromatic heterocycles. The molecule has 0 aliphatic carbocycles. The number of hydrogen-bond acceptors (Lipinski definition) is 4. The monoisotopic (exact) mass is 272 g/mol. The van der Waals surface area contributed by atoms with E-state index in [4.69, 9.17) is 10.5 Å². The Morgan fingerprint density at radius 1 is 1.25 bits per heavy atom. The minimum absolute atomic E-state index is 0.0745. The third-order valence-corrected chi connectivity index (χ3v) is 2.91. The number of phenols is 1. The standard InChI is InChI=1S/C15H16N2O3/c1-9-3-6-14(18)11(7-9)15(19)17-13-8-10(20-2)4-5-12(13)16/h3-8,18H,16H2,1-2H3,(H,17,19). The first-order valence-corrected chi connectivity index (χ1v) is 6.05. The summed E-state index contributed by atoms with van der Waals surface area (Å²) in [5.41, 5.74) is 7.75. The lowest BCUT2D eigenvalue weighted by molar-refractivity contribution is 0.102. The fourth-order valence-electron chi connectivity index (χ4n) is 1.79. The lowest BCUT2D eigenvalue weighted by Crippen LogP contribution is -2.13. The van der Waals surface area contributed by atoms with E-state index >= 15 is 0 Å². The molecule has 5 heteroatoms. The highest BCUT2D eigenvalue weighted by atomic mass is 16.5. The number of methoxy groups -OCH3 is 1. The molecule has 0 aliphatic heterocycles. The normalized spacial score (nSPS) is 10.1. The van der Waals surface area contributed by atoms with Crippen molar-refractivity contribution in [3.63, 3.8) is 0 Å². The highest BCUT2D eigenvalue weighted by Gasteiger charge is 2.13. The largest absolute Gasteiger partial charge is 0.507 e. The summed E-state index contributed by atoms with van der Waals surface area (Å²) in [6, 6.07) is 9.80. The number of aryl methyl sites for hydroxylation is 1. The molecule has 0 atom stereocenters. The fraction of sp³-hybridized carbons (Fsp3) is 0.133. The Kier molecular flexibility index (Phi) is 3.79. The van der Waals surface area contributed by atoms with Crippen LogP contribution in [-0.2, 0) is 0 Å². The SMILES string of the molecule is COc1ccc(N)c(NC(=O)c2cc(C)ccc2O)c1. The van der Waals surface area contributed by atoms with Gasteiger partial charge in [0, 0.05) is 6.07 Å². The van der Waals surface area contributed by atoms with Gasteiger partial charge in [0.2, 0.25) is 0 Å². The number of nitrogens with two attached hydrogens (primary N) is 1. The van der Waals surface area contributed by atoms with Crippen molar-refractivity contribution < 1.29 is 14.6 Å². The Hall–Kier alpha value is -2.69.